The number of aromatic nitrogens is 2. The Morgan fingerprint density at radius 2 is 1.93 bits per heavy atom. The first-order valence-electron chi connectivity index (χ1n) is 8.75. The number of carbonyl (C=O) groups excluding carboxylic acids is 1. The van der Waals surface area contributed by atoms with Crippen molar-refractivity contribution in [2.24, 2.45) is 0 Å². The number of aryl methyl sites for hydroxylation is 1. The largest absolute Gasteiger partial charge is 0.480 e. The van der Waals surface area contributed by atoms with E-state index in [2.05, 4.69) is 10.3 Å². The zero-order valence-corrected chi connectivity index (χ0v) is 15.3. The van der Waals surface area contributed by atoms with Crippen molar-refractivity contribution in [2.45, 2.75) is 19.9 Å². The number of rotatable bonds is 6. The monoisotopic (exact) mass is 377 g/mol. The molecule has 2 aromatic heterocycles. The third-order valence-electron chi connectivity index (χ3n) is 4.27. The van der Waals surface area contributed by atoms with Crippen LogP contribution in [0.25, 0.3) is 11.1 Å². The van der Waals surface area contributed by atoms with E-state index < -0.39 is 18.1 Å². The SMILES string of the molecule is CCc1cc(=O)n(CC(=O)O)cc1NC(=O)c1cccc(-c2cccnc2)c1. The van der Waals surface area contributed by atoms with Crippen molar-refractivity contribution in [1.29, 1.82) is 0 Å². The molecule has 2 heterocycles. The maximum Gasteiger partial charge on any atom is 0.323 e. The Hall–Kier alpha value is -3.74. The lowest BCUT2D eigenvalue weighted by Gasteiger charge is -2.13. The highest BCUT2D eigenvalue weighted by molar-refractivity contribution is 6.05. The number of pyridine rings is 2. The van der Waals surface area contributed by atoms with Crippen molar-refractivity contribution >= 4 is 17.6 Å². The Morgan fingerprint density at radius 1 is 1.14 bits per heavy atom. The van der Waals surface area contributed by atoms with Gasteiger partial charge in [-0.25, -0.2) is 0 Å². The minimum atomic E-state index is -1.13. The van der Waals surface area contributed by atoms with Crippen LogP contribution < -0.4 is 10.9 Å². The molecule has 7 heteroatoms. The molecule has 142 valence electrons. The number of nitrogens with zero attached hydrogens (tertiary/aromatic N) is 2. The van der Waals surface area contributed by atoms with Crippen LogP contribution in [0.2, 0.25) is 0 Å². The molecule has 3 aromatic rings. The van der Waals surface area contributed by atoms with Crippen molar-refractivity contribution in [1.82, 2.24) is 9.55 Å². The number of carboxylic acid groups (broad SMARTS) is 1. The van der Waals surface area contributed by atoms with E-state index in [1.54, 1.807) is 30.6 Å². The lowest BCUT2D eigenvalue weighted by atomic mass is 10.0. The van der Waals surface area contributed by atoms with Crippen LogP contribution in [0.3, 0.4) is 0 Å². The molecule has 0 unspecified atom stereocenters. The van der Waals surface area contributed by atoms with Gasteiger partial charge in [-0.1, -0.05) is 25.1 Å². The number of carboxylic acids is 1. The van der Waals surface area contributed by atoms with E-state index in [9.17, 15) is 14.4 Å². The molecule has 0 radical (unpaired) electrons. The molecule has 0 saturated heterocycles. The number of hydrogen-bond acceptors (Lipinski definition) is 4. The van der Waals surface area contributed by atoms with Gasteiger partial charge in [-0.15, -0.1) is 0 Å². The maximum absolute atomic E-state index is 12.8. The number of benzene rings is 1. The number of amides is 1. The van der Waals surface area contributed by atoms with Gasteiger partial charge in [0.15, 0.2) is 0 Å². The predicted octanol–water partition coefficient (Wildman–Crippen LogP) is 2.81. The quantitative estimate of drug-likeness (QED) is 0.688. The van der Waals surface area contributed by atoms with E-state index >= 15 is 0 Å². The van der Waals surface area contributed by atoms with Gasteiger partial charge in [-0.3, -0.25) is 19.4 Å². The normalized spacial score (nSPS) is 10.5. The summed E-state index contributed by atoms with van der Waals surface area (Å²) in [6.07, 6.45) is 5.29. The van der Waals surface area contributed by atoms with Crippen molar-refractivity contribution in [2.75, 3.05) is 5.32 Å². The Labute approximate surface area is 161 Å². The van der Waals surface area contributed by atoms with E-state index in [1.165, 1.54) is 12.3 Å². The summed E-state index contributed by atoms with van der Waals surface area (Å²) in [5.41, 5.74) is 2.83. The van der Waals surface area contributed by atoms with Crippen molar-refractivity contribution < 1.29 is 14.7 Å². The van der Waals surface area contributed by atoms with Gasteiger partial charge in [0, 0.05) is 35.8 Å². The highest BCUT2D eigenvalue weighted by Crippen LogP contribution is 2.21. The predicted molar refractivity (Wildman–Crippen MR) is 105 cm³/mol. The molecule has 3 rings (SSSR count). The van der Waals surface area contributed by atoms with Crippen LogP contribution in [0.4, 0.5) is 5.69 Å². The summed E-state index contributed by atoms with van der Waals surface area (Å²) in [6, 6.07) is 12.2. The number of hydrogen-bond donors (Lipinski definition) is 2. The van der Waals surface area contributed by atoms with Gasteiger partial charge in [-0.05, 0) is 35.7 Å². The zero-order valence-electron chi connectivity index (χ0n) is 15.3. The molecule has 0 saturated carbocycles. The van der Waals surface area contributed by atoms with Crippen molar-refractivity contribution in [3.63, 3.8) is 0 Å². The molecule has 0 bridgehead atoms. The van der Waals surface area contributed by atoms with Crippen LogP contribution in [0.5, 0.6) is 0 Å². The molecule has 2 N–H and O–H groups in total. The molecule has 0 spiro atoms. The average Bonchev–Trinajstić information content (AvgIpc) is 2.70. The van der Waals surface area contributed by atoms with E-state index in [-0.39, 0.29) is 5.91 Å². The lowest BCUT2D eigenvalue weighted by molar-refractivity contribution is -0.137. The van der Waals surface area contributed by atoms with Gasteiger partial charge in [-0.2, -0.15) is 0 Å². The zero-order chi connectivity index (χ0) is 20.1. The number of aliphatic carboxylic acids is 1. The molecule has 0 fully saturated rings. The van der Waals surface area contributed by atoms with Crippen LogP contribution in [-0.4, -0.2) is 26.5 Å². The molecule has 0 aliphatic heterocycles. The fourth-order valence-corrected chi connectivity index (χ4v) is 2.85. The fourth-order valence-electron chi connectivity index (χ4n) is 2.85. The van der Waals surface area contributed by atoms with Gasteiger partial charge in [0.2, 0.25) is 0 Å². The van der Waals surface area contributed by atoms with Crippen LogP contribution >= 0.6 is 0 Å². The first kappa shape index (κ1) is 19.0. The molecule has 7 nitrogen and oxygen atoms in total. The third kappa shape index (κ3) is 4.32. The van der Waals surface area contributed by atoms with Crippen LogP contribution in [0.1, 0.15) is 22.8 Å². The first-order chi connectivity index (χ1) is 13.5. The minimum Gasteiger partial charge on any atom is -0.480 e. The van der Waals surface area contributed by atoms with Gasteiger partial charge in [0.05, 0.1) is 5.69 Å². The second-order valence-corrected chi connectivity index (χ2v) is 6.20. The van der Waals surface area contributed by atoms with Gasteiger partial charge in [0.1, 0.15) is 6.54 Å². The molecule has 28 heavy (non-hydrogen) atoms. The van der Waals surface area contributed by atoms with E-state index in [4.69, 9.17) is 5.11 Å². The lowest BCUT2D eigenvalue weighted by Crippen LogP contribution is -2.25. The Kier molecular flexibility index (Phi) is 5.64. The highest BCUT2D eigenvalue weighted by Gasteiger charge is 2.13. The van der Waals surface area contributed by atoms with Gasteiger partial charge in [0.25, 0.3) is 11.5 Å². The topological polar surface area (TPSA) is 101 Å². The summed E-state index contributed by atoms with van der Waals surface area (Å²) < 4.78 is 1.06. The second-order valence-electron chi connectivity index (χ2n) is 6.20. The molecule has 0 aliphatic carbocycles. The van der Waals surface area contributed by atoms with Gasteiger partial charge < -0.3 is 15.0 Å². The summed E-state index contributed by atoms with van der Waals surface area (Å²) >= 11 is 0. The van der Waals surface area contributed by atoms with E-state index in [1.807, 2.05) is 25.1 Å². The van der Waals surface area contributed by atoms with Crippen LogP contribution in [0.15, 0.2) is 65.8 Å². The Balaban J connectivity index is 1.91. The average molecular weight is 377 g/mol. The maximum atomic E-state index is 12.8. The molecular formula is C21H19N3O4. The summed E-state index contributed by atoms with van der Waals surface area (Å²) in [6.45, 7) is 1.39. The van der Waals surface area contributed by atoms with Crippen LogP contribution in [0, 0.1) is 0 Å². The molecule has 0 atom stereocenters. The third-order valence-corrected chi connectivity index (χ3v) is 4.27. The molecule has 1 aromatic carbocycles. The van der Waals surface area contributed by atoms with Crippen molar-refractivity contribution in [3.8, 4) is 11.1 Å². The number of nitrogens with one attached hydrogen (secondary N) is 1. The van der Waals surface area contributed by atoms with E-state index in [0.717, 1.165) is 15.7 Å². The molecular weight excluding hydrogens is 358 g/mol. The standard InChI is InChI=1S/C21H19N3O4/c1-2-14-10-19(25)24(13-20(26)27)12-18(14)23-21(28)16-6-3-5-15(9-16)17-7-4-8-22-11-17/h3-12H,2,13H2,1H3,(H,23,28)(H,26,27). The summed E-state index contributed by atoms with van der Waals surface area (Å²) in [5, 5.41) is 11.7. The van der Waals surface area contributed by atoms with Gasteiger partial charge >= 0.3 is 5.97 Å². The highest BCUT2D eigenvalue weighted by atomic mass is 16.4. The summed E-state index contributed by atoms with van der Waals surface area (Å²) in [4.78, 5) is 39.8. The Bertz CT molecular complexity index is 1070. The van der Waals surface area contributed by atoms with E-state index in [0.29, 0.717) is 23.2 Å². The number of carbonyl (C=O) groups is 2. The Morgan fingerprint density at radius 3 is 2.61 bits per heavy atom. The number of anilines is 1. The fraction of sp³-hybridized carbons (Fsp3) is 0.143. The smallest absolute Gasteiger partial charge is 0.323 e. The summed E-state index contributed by atoms with van der Waals surface area (Å²) in [7, 11) is 0. The second kappa shape index (κ2) is 8.30. The van der Waals surface area contributed by atoms with Crippen LogP contribution in [-0.2, 0) is 17.8 Å². The molecule has 0 aliphatic rings. The minimum absolute atomic E-state index is 0.346. The first-order valence-corrected chi connectivity index (χ1v) is 8.75. The molecule has 1 amide bonds. The van der Waals surface area contributed by atoms with Crippen molar-refractivity contribution in [3.05, 3.63) is 82.5 Å². The summed E-state index contributed by atoms with van der Waals surface area (Å²) in [5.74, 6) is -1.48.